The molecule has 2 aromatic rings. The molecule has 2 heterocycles. The van der Waals surface area contributed by atoms with Gasteiger partial charge in [0, 0.05) is 30.7 Å². The molecule has 0 bridgehead atoms. The number of hydrogen-bond acceptors (Lipinski definition) is 5. The van der Waals surface area contributed by atoms with Crippen molar-refractivity contribution in [2.45, 2.75) is 25.7 Å². The Kier molecular flexibility index (Phi) is 4.19. The van der Waals surface area contributed by atoms with Crippen LogP contribution in [0.5, 0.6) is 0 Å². The molecule has 1 aromatic heterocycles. The van der Waals surface area contributed by atoms with Crippen molar-refractivity contribution in [3.8, 4) is 0 Å². The molecule has 1 aliphatic rings. The van der Waals surface area contributed by atoms with E-state index in [2.05, 4.69) is 16.8 Å². The number of morpholine rings is 1. The number of nitrogen functional groups attached to an aromatic ring is 1. The van der Waals surface area contributed by atoms with Gasteiger partial charge in [-0.1, -0.05) is 12.1 Å². The summed E-state index contributed by atoms with van der Waals surface area (Å²) in [6.45, 7) is 4.53. The monoisotopic (exact) mass is 307 g/mol. The lowest BCUT2D eigenvalue weighted by Gasteiger charge is -2.36. The van der Waals surface area contributed by atoms with Crippen LogP contribution in [0.1, 0.15) is 23.5 Å². The Morgan fingerprint density at radius 1 is 1.38 bits per heavy atom. The highest BCUT2D eigenvalue weighted by Crippen LogP contribution is 2.27. The Bertz CT molecular complexity index is 601. The van der Waals surface area contributed by atoms with Crippen LogP contribution in [0.4, 0.5) is 9.52 Å². The molecule has 0 spiro atoms. The van der Waals surface area contributed by atoms with Crippen LogP contribution in [0, 0.1) is 5.82 Å². The molecular formula is C15H18FN3OS. The summed E-state index contributed by atoms with van der Waals surface area (Å²) in [5, 5.41) is 0.599. The molecule has 2 N–H and O–H groups in total. The number of nitrogens with two attached hydrogens (primary N) is 1. The third-order valence-electron chi connectivity index (χ3n) is 3.53. The first-order valence-electron chi connectivity index (χ1n) is 6.93. The first kappa shape index (κ1) is 14.4. The van der Waals surface area contributed by atoms with Crippen LogP contribution in [0.25, 0.3) is 0 Å². The van der Waals surface area contributed by atoms with Gasteiger partial charge in [-0.05, 0) is 24.6 Å². The molecule has 2 unspecified atom stereocenters. The number of hydrogen-bond donors (Lipinski definition) is 1. The molecule has 1 fully saturated rings. The molecule has 112 valence electrons. The molecule has 0 radical (unpaired) electrons. The molecule has 1 saturated heterocycles. The van der Waals surface area contributed by atoms with E-state index in [-0.39, 0.29) is 18.0 Å². The lowest BCUT2D eigenvalue weighted by atomic mass is 10.1. The van der Waals surface area contributed by atoms with Gasteiger partial charge in [-0.2, -0.15) is 0 Å². The van der Waals surface area contributed by atoms with E-state index in [1.165, 1.54) is 23.5 Å². The molecule has 21 heavy (non-hydrogen) atoms. The van der Waals surface area contributed by atoms with E-state index >= 15 is 0 Å². The van der Waals surface area contributed by atoms with Crippen LogP contribution < -0.4 is 5.73 Å². The average molecular weight is 307 g/mol. The Morgan fingerprint density at radius 2 is 2.14 bits per heavy atom. The predicted molar refractivity (Wildman–Crippen MR) is 81.5 cm³/mol. The number of benzene rings is 1. The zero-order chi connectivity index (χ0) is 14.8. The minimum atomic E-state index is -0.223. The van der Waals surface area contributed by atoms with Crippen molar-refractivity contribution in [1.82, 2.24) is 9.88 Å². The van der Waals surface area contributed by atoms with Crippen molar-refractivity contribution in [3.63, 3.8) is 0 Å². The lowest BCUT2D eigenvalue weighted by Crippen LogP contribution is -2.42. The zero-order valence-corrected chi connectivity index (χ0v) is 12.6. The van der Waals surface area contributed by atoms with Crippen molar-refractivity contribution in [2.24, 2.45) is 0 Å². The maximum Gasteiger partial charge on any atom is 0.180 e. The highest BCUT2D eigenvalue weighted by molar-refractivity contribution is 7.15. The quantitative estimate of drug-likeness (QED) is 0.947. The summed E-state index contributed by atoms with van der Waals surface area (Å²) >= 11 is 1.52. The van der Waals surface area contributed by atoms with Crippen LogP contribution in [-0.2, 0) is 11.3 Å². The maximum atomic E-state index is 13.0. The second-order valence-corrected chi connectivity index (χ2v) is 6.49. The van der Waals surface area contributed by atoms with Crippen LogP contribution in [0.2, 0.25) is 0 Å². The Morgan fingerprint density at radius 3 is 2.81 bits per heavy atom. The van der Waals surface area contributed by atoms with Gasteiger partial charge in [-0.3, -0.25) is 4.90 Å². The highest BCUT2D eigenvalue weighted by Gasteiger charge is 2.26. The largest absolute Gasteiger partial charge is 0.375 e. The summed E-state index contributed by atoms with van der Waals surface area (Å²) in [5.74, 6) is -0.223. The maximum absolute atomic E-state index is 13.0. The number of thiazole rings is 1. The molecular weight excluding hydrogens is 289 g/mol. The van der Waals surface area contributed by atoms with Crippen LogP contribution >= 0.6 is 11.3 Å². The Hall–Kier alpha value is -1.50. The molecule has 1 aromatic carbocycles. The number of ether oxygens (including phenoxy) is 1. The minimum absolute atomic E-state index is 0.0281. The van der Waals surface area contributed by atoms with E-state index in [0.717, 1.165) is 30.1 Å². The number of halogens is 1. The van der Waals surface area contributed by atoms with E-state index < -0.39 is 0 Å². The van der Waals surface area contributed by atoms with E-state index in [4.69, 9.17) is 10.5 Å². The topological polar surface area (TPSA) is 51.4 Å². The number of nitrogens with zero attached hydrogens (tertiary/aromatic N) is 2. The molecule has 0 aliphatic carbocycles. The second kappa shape index (κ2) is 6.09. The zero-order valence-electron chi connectivity index (χ0n) is 11.8. The standard InChI is InChI=1S/C15H18FN3OS/c1-10-7-19(8-13-6-18-15(17)21-13)9-14(20-10)11-2-4-12(16)5-3-11/h2-6,10,14H,7-9H2,1H3,(H2,17,18). The van der Waals surface area contributed by atoms with Crippen molar-refractivity contribution in [3.05, 3.63) is 46.7 Å². The lowest BCUT2D eigenvalue weighted by molar-refractivity contribution is -0.0812. The van der Waals surface area contributed by atoms with Crippen LogP contribution in [0.3, 0.4) is 0 Å². The predicted octanol–water partition coefficient (Wildman–Crippen LogP) is 2.83. The van der Waals surface area contributed by atoms with Crippen molar-refractivity contribution >= 4 is 16.5 Å². The van der Waals surface area contributed by atoms with E-state index in [1.54, 1.807) is 12.1 Å². The minimum Gasteiger partial charge on any atom is -0.375 e. The Labute approximate surface area is 127 Å². The summed E-state index contributed by atoms with van der Waals surface area (Å²) < 4.78 is 19.0. The first-order valence-corrected chi connectivity index (χ1v) is 7.75. The van der Waals surface area contributed by atoms with Crippen molar-refractivity contribution in [1.29, 1.82) is 0 Å². The van der Waals surface area contributed by atoms with Gasteiger partial charge >= 0.3 is 0 Å². The second-order valence-electron chi connectivity index (χ2n) is 5.35. The van der Waals surface area contributed by atoms with Gasteiger partial charge in [-0.25, -0.2) is 9.37 Å². The smallest absolute Gasteiger partial charge is 0.180 e. The van der Waals surface area contributed by atoms with Gasteiger partial charge in [0.05, 0.1) is 12.2 Å². The van der Waals surface area contributed by atoms with Gasteiger partial charge in [0.1, 0.15) is 5.82 Å². The summed E-state index contributed by atoms with van der Waals surface area (Å²) in [7, 11) is 0. The summed E-state index contributed by atoms with van der Waals surface area (Å²) in [4.78, 5) is 7.57. The first-order chi connectivity index (χ1) is 10.1. The number of aromatic nitrogens is 1. The van der Waals surface area contributed by atoms with E-state index in [1.807, 2.05) is 6.20 Å². The summed E-state index contributed by atoms with van der Waals surface area (Å²) in [6, 6.07) is 6.54. The third-order valence-corrected chi connectivity index (χ3v) is 4.34. The summed E-state index contributed by atoms with van der Waals surface area (Å²) in [6.07, 6.45) is 1.94. The van der Waals surface area contributed by atoms with Gasteiger partial charge in [0.25, 0.3) is 0 Å². The molecule has 6 heteroatoms. The van der Waals surface area contributed by atoms with E-state index in [9.17, 15) is 4.39 Å². The SMILES string of the molecule is CC1CN(Cc2cnc(N)s2)CC(c2ccc(F)cc2)O1. The molecule has 3 rings (SSSR count). The van der Waals surface area contributed by atoms with Crippen molar-refractivity contribution < 1.29 is 9.13 Å². The van der Waals surface area contributed by atoms with Gasteiger partial charge in [-0.15, -0.1) is 11.3 Å². The highest BCUT2D eigenvalue weighted by atomic mass is 32.1. The van der Waals surface area contributed by atoms with Gasteiger partial charge < -0.3 is 10.5 Å². The Balaban J connectivity index is 1.70. The number of anilines is 1. The normalized spacial score (nSPS) is 23.3. The van der Waals surface area contributed by atoms with Crippen molar-refractivity contribution in [2.75, 3.05) is 18.8 Å². The van der Waals surface area contributed by atoms with E-state index in [0.29, 0.717) is 5.13 Å². The molecule has 0 saturated carbocycles. The van der Waals surface area contributed by atoms with Crippen LogP contribution in [-0.4, -0.2) is 29.1 Å². The molecule has 1 aliphatic heterocycles. The fraction of sp³-hybridized carbons (Fsp3) is 0.400. The molecule has 4 nitrogen and oxygen atoms in total. The fourth-order valence-corrected chi connectivity index (χ4v) is 3.37. The third kappa shape index (κ3) is 3.58. The molecule has 0 amide bonds. The van der Waals surface area contributed by atoms with Gasteiger partial charge in [0.15, 0.2) is 5.13 Å². The molecule has 2 atom stereocenters. The number of rotatable bonds is 3. The van der Waals surface area contributed by atoms with Gasteiger partial charge in [0.2, 0.25) is 0 Å². The summed E-state index contributed by atoms with van der Waals surface area (Å²) in [5.41, 5.74) is 6.68. The fourth-order valence-electron chi connectivity index (χ4n) is 2.65. The average Bonchev–Trinajstić information content (AvgIpc) is 2.84. The van der Waals surface area contributed by atoms with Crippen LogP contribution in [0.15, 0.2) is 30.5 Å².